The van der Waals surface area contributed by atoms with Crippen LogP contribution >= 0.6 is 22.9 Å². The molecule has 2 aromatic rings. The SMILES string of the molecule is COCCCC(=O)Nc1ccccc1-c1nc(CCl)cs1. The van der Waals surface area contributed by atoms with Gasteiger partial charge in [0.05, 0.1) is 17.3 Å². The number of methoxy groups -OCH3 is 1. The maximum Gasteiger partial charge on any atom is 0.224 e. The lowest BCUT2D eigenvalue weighted by atomic mass is 10.1. The molecule has 1 aromatic carbocycles. The summed E-state index contributed by atoms with van der Waals surface area (Å²) in [5.74, 6) is 0.371. The summed E-state index contributed by atoms with van der Waals surface area (Å²) in [6.07, 6.45) is 1.14. The second kappa shape index (κ2) is 8.12. The number of hydrogen-bond donors (Lipinski definition) is 1. The van der Waals surface area contributed by atoms with Crippen molar-refractivity contribution in [2.45, 2.75) is 18.7 Å². The van der Waals surface area contributed by atoms with E-state index >= 15 is 0 Å². The third kappa shape index (κ3) is 4.52. The first-order valence-electron chi connectivity index (χ1n) is 6.63. The minimum Gasteiger partial charge on any atom is -0.385 e. The molecule has 0 saturated heterocycles. The number of carbonyl (C=O) groups excluding carboxylic acids is 1. The number of hydrogen-bond acceptors (Lipinski definition) is 4. The lowest BCUT2D eigenvalue weighted by Gasteiger charge is -2.09. The van der Waals surface area contributed by atoms with Crippen LogP contribution < -0.4 is 5.32 Å². The van der Waals surface area contributed by atoms with Gasteiger partial charge in [0.2, 0.25) is 5.91 Å². The summed E-state index contributed by atoms with van der Waals surface area (Å²) in [6, 6.07) is 7.65. The number of para-hydroxylation sites is 1. The molecule has 0 aliphatic carbocycles. The van der Waals surface area contributed by atoms with Gasteiger partial charge in [0.25, 0.3) is 0 Å². The highest BCUT2D eigenvalue weighted by molar-refractivity contribution is 7.13. The number of nitrogens with zero attached hydrogens (tertiary/aromatic N) is 1. The van der Waals surface area contributed by atoms with Crippen LogP contribution in [0.3, 0.4) is 0 Å². The molecular weight excluding hydrogens is 308 g/mol. The highest BCUT2D eigenvalue weighted by atomic mass is 35.5. The van der Waals surface area contributed by atoms with Gasteiger partial charge in [0.1, 0.15) is 5.01 Å². The molecule has 112 valence electrons. The van der Waals surface area contributed by atoms with Gasteiger partial charge in [-0.3, -0.25) is 4.79 Å². The molecule has 4 nitrogen and oxygen atoms in total. The van der Waals surface area contributed by atoms with Gasteiger partial charge in [-0.15, -0.1) is 22.9 Å². The van der Waals surface area contributed by atoms with Gasteiger partial charge >= 0.3 is 0 Å². The molecule has 0 unspecified atom stereocenters. The molecule has 0 spiro atoms. The molecule has 0 aliphatic rings. The maximum atomic E-state index is 11.9. The van der Waals surface area contributed by atoms with Crippen LogP contribution in [-0.2, 0) is 15.4 Å². The first-order valence-corrected chi connectivity index (χ1v) is 8.04. The summed E-state index contributed by atoms with van der Waals surface area (Å²) in [5.41, 5.74) is 2.53. The van der Waals surface area contributed by atoms with Crippen LogP contribution in [0, 0.1) is 0 Å². The number of thiazole rings is 1. The molecule has 6 heteroatoms. The first kappa shape index (κ1) is 15.9. The van der Waals surface area contributed by atoms with Crippen LogP contribution in [0.25, 0.3) is 10.6 Å². The molecule has 0 radical (unpaired) electrons. The number of nitrogens with one attached hydrogen (secondary N) is 1. The molecule has 21 heavy (non-hydrogen) atoms. The highest BCUT2D eigenvalue weighted by Crippen LogP contribution is 2.30. The quantitative estimate of drug-likeness (QED) is 0.620. The molecule has 1 amide bonds. The van der Waals surface area contributed by atoms with E-state index in [0.717, 1.165) is 22.0 Å². The Labute approximate surface area is 133 Å². The number of aromatic nitrogens is 1. The average molecular weight is 325 g/mol. The Morgan fingerprint density at radius 2 is 2.24 bits per heavy atom. The normalized spacial score (nSPS) is 10.6. The van der Waals surface area contributed by atoms with Gasteiger partial charge < -0.3 is 10.1 Å². The van der Waals surface area contributed by atoms with Crippen LogP contribution in [-0.4, -0.2) is 24.6 Å². The second-order valence-corrected chi connectivity index (χ2v) is 5.59. The Morgan fingerprint density at radius 1 is 1.43 bits per heavy atom. The predicted octanol–water partition coefficient (Wildman–Crippen LogP) is 3.91. The van der Waals surface area contributed by atoms with Gasteiger partial charge in [0, 0.05) is 31.1 Å². The Bertz CT molecular complexity index is 601. The van der Waals surface area contributed by atoms with Crippen molar-refractivity contribution in [2.24, 2.45) is 0 Å². The van der Waals surface area contributed by atoms with Crippen LogP contribution in [0.1, 0.15) is 18.5 Å². The Hall–Kier alpha value is -1.43. The fourth-order valence-electron chi connectivity index (χ4n) is 1.86. The van der Waals surface area contributed by atoms with Crippen molar-refractivity contribution in [1.29, 1.82) is 0 Å². The van der Waals surface area contributed by atoms with E-state index in [0.29, 0.717) is 25.3 Å². The van der Waals surface area contributed by atoms with E-state index in [9.17, 15) is 4.79 Å². The van der Waals surface area contributed by atoms with Crippen LogP contribution in [0.4, 0.5) is 5.69 Å². The van der Waals surface area contributed by atoms with E-state index in [1.165, 1.54) is 11.3 Å². The van der Waals surface area contributed by atoms with Crippen molar-refractivity contribution in [3.05, 3.63) is 35.3 Å². The van der Waals surface area contributed by atoms with Crippen molar-refractivity contribution in [3.8, 4) is 10.6 Å². The Morgan fingerprint density at radius 3 is 2.95 bits per heavy atom. The third-order valence-corrected chi connectivity index (χ3v) is 4.07. The lowest BCUT2D eigenvalue weighted by Crippen LogP contribution is -2.12. The van der Waals surface area contributed by atoms with E-state index in [1.54, 1.807) is 7.11 Å². The minimum absolute atomic E-state index is 0.0198. The zero-order valence-electron chi connectivity index (χ0n) is 11.8. The van der Waals surface area contributed by atoms with Crippen LogP contribution in [0.5, 0.6) is 0 Å². The fourth-order valence-corrected chi connectivity index (χ4v) is 2.95. The fraction of sp³-hybridized carbons (Fsp3) is 0.333. The largest absolute Gasteiger partial charge is 0.385 e. The number of halogens is 1. The number of anilines is 1. The number of benzene rings is 1. The highest BCUT2D eigenvalue weighted by Gasteiger charge is 2.11. The second-order valence-electron chi connectivity index (χ2n) is 4.47. The number of rotatable bonds is 7. The van der Waals surface area contributed by atoms with Gasteiger partial charge in [-0.25, -0.2) is 4.98 Å². The third-order valence-electron chi connectivity index (χ3n) is 2.87. The molecule has 2 rings (SSSR count). The number of amides is 1. The van der Waals surface area contributed by atoms with Gasteiger partial charge in [-0.1, -0.05) is 12.1 Å². The Balaban J connectivity index is 2.11. The average Bonchev–Trinajstić information content (AvgIpc) is 2.97. The molecule has 0 aliphatic heterocycles. The molecular formula is C15H17ClN2O2S. The monoisotopic (exact) mass is 324 g/mol. The zero-order valence-corrected chi connectivity index (χ0v) is 13.3. The van der Waals surface area contributed by atoms with Gasteiger partial charge in [0.15, 0.2) is 0 Å². The van der Waals surface area contributed by atoms with E-state index in [1.807, 2.05) is 29.6 Å². The smallest absolute Gasteiger partial charge is 0.224 e. The summed E-state index contributed by atoms with van der Waals surface area (Å²) in [5, 5.41) is 5.72. The minimum atomic E-state index is -0.0198. The van der Waals surface area contributed by atoms with E-state index in [2.05, 4.69) is 10.3 Å². The van der Waals surface area contributed by atoms with Gasteiger partial charge in [-0.2, -0.15) is 0 Å². The zero-order chi connectivity index (χ0) is 15.1. The lowest BCUT2D eigenvalue weighted by molar-refractivity contribution is -0.116. The predicted molar refractivity (Wildman–Crippen MR) is 86.8 cm³/mol. The van der Waals surface area contributed by atoms with Gasteiger partial charge in [-0.05, 0) is 18.6 Å². The first-order chi connectivity index (χ1) is 10.2. The molecule has 0 atom stereocenters. The van der Waals surface area contributed by atoms with Crippen LogP contribution in [0.15, 0.2) is 29.6 Å². The van der Waals surface area contributed by atoms with Crippen LogP contribution in [0.2, 0.25) is 0 Å². The Kier molecular flexibility index (Phi) is 6.17. The molecule has 1 N–H and O–H groups in total. The summed E-state index contributed by atoms with van der Waals surface area (Å²) in [4.78, 5) is 16.4. The van der Waals surface area contributed by atoms with E-state index < -0.39 is 0 Å². The molecule has 1 heterocycles. The molecule has 1 aromatic heterocycles. The molecule has 0 bridgehead atoms. The van der Waals surface area contributed by atoms with Crippen molar-refractivity contribution >= 4 is 34.5 Å². The number of carbonyl (C=O) groups is 1. The topological polar surface area (TPSA) is 51.2 Å². The molecule has 0 saturated carbocycles. The summed E-state index contributed by atoms with van der Waals surface area (Å²) in [6.45, 7) is 0.584. The number of alkyl halides is 1. The molecule has 0 fully saturated rings. The summed E-state index contributed by atoms with van der Waals surface area (Å²) >= 11 is 7.31. The summed E-state index contributed by atoms with van der Waals surface area (Å²) in [7, 11) is 1.63. The standard InChI is InChI=1S/C15H17ClN2O2S/c1-20-8-4-7-14(19)18-13-6-3-2-5-12(13)15-17-11(9-16)10-21-15/h2-3,5-6,10H,4,7-9H2,1H3,(H,18,19). The van der Waals surface area contributed by atoms with E-state index in [-0.39, 0.29) is 5.91 Å². The van der Waals surface area contributed by atoms with Crippen molar-refractivity contribution in [3.63, 3.8) is 0 Å². The summed E-state index contributed by atoms with van der Waals surface area (Å²) < 4.78 is 4.95. The van der Waals surface area contributed by atoms with Crippen molar-refractivity contribution < 1.29 is 9.53 Å². The van der Waals surface area contributed by atoms with Crippen molar-refractivity contribution in [1.82, 2.24) is 4.98 Å². The maximum absolute atomic E-state index is 11.9. The number of ether oxygens (including phenoxy) is 1. The van der Waals surface area contributed by atoms with E-state index in [4.69, 9.17) is 16.3 Å². The van der Waals surface area contributed by atoms with Crippen molar-refractivity contribution in [2.75, 3.05) is 19.0 Å².